The van der Waals surface area contributed by atoms with Crippen LogP contribution in [0.4, 0.5) is 5.69 Å². The molecule has 2 aliphatic heterocycles. The highest BCUT2D eigenvalue weighted by Crippen LogP contribution is 2.41. The predicted octanol–water partition coefficient (Wildman–Crippen LogP) is 2.07. The molecule has 0 bridgehead atoms. The fourth-order valence-corrected chi connectivity index (χ4v) is 4.62. The van der Waals surface area contributed by atoms with Gasteiger partial charge in [-0.05, 0) is 38.7 Å². The molecule has 6 rings (SSSR count). The third-order valence-electron chi connectivity index (χ3n) is 6.24. The Bertz CT molecular complexity index is 1020. The number of fused-ring (bicyclic) bond motifs is 2. The maximum Gasteiger partial charge on any atom is 0.200 e. The van der Waals surface area contributed by atoms with E-state index in [4.69, 9.17) is 9.84 Å². The van der Waals surface area contributed by atoms with E-state index in [9.17, 15) is 0 Å². The molecule has 5 heterocycles. The molecule has 3 aromatic rings. The zero-order chi connectivity index (χ0) is 18.7. The van der Waals surface area contributed by atoms with Crippen molar-refractivity contribution in [2.45, 2.75) is 57.0 Å². The van der Waals surface area contributed by atoms with Crippen molar-refractivity contribution in [2.24, 2.45) is 0 Å². The molecule has 1 saturated carbocycles. The Balaban J connectivity index is 1.37. The number of rotatable bonds is 3. The molecular formula is C19H24N8O. The minimum Gasteiger partial charge on any atom is -0.381 e. The smallest absolute Gasteiger partial charge is 0.200 e. The minimum absolute atomic E-state index is 0.303. The average Bonchev–Trinajstić information content (AvgIpc) is 3.30. The van der Waals surface area contributed by atoms with Crippen molar-refractivity contribution in [1.29, 1.82) is 0 Å². The van der Waals surface area contributed by atoms with Gasteiger partial charge in [-0.2, -0.15) is 9.61 Å². The topological polar surface area (TPSA) is 86.3 Å². The molecule has 0 unspecified atom stereocenters. The largest absolute Gasteiger partial charge is 0.381 e. The van der Waals surface area contributed by atoms with Gasteiger partial charge in [0.1, 0.15) is 12.2 Å². The van der Waals surface area contributed by atoms with Gasteiger partial charge in [0, 0.05) is 31.6 Å². The van der Waals surface area contributed by atoms with Gasteiger partial charge in [-0.25, -0.2) is 0 Å². The number of hydrogen-bond acceptors (Lipinski definition) is 7. The van der Waals surface area contributed by atoms with Gasteiger partial charge < -0.3 is 14.2 Å². The van der Waals surface area contributed by atoms with Crippen molar-refractivity contribution >= 4 is 11.3 Å². The zero-order valence-corrected chi connectivity index (χ0v) is 16.0. The first kappa shape index (κ1) is 16.4. The summed E-state index contributed by atoms with van der Waals surface area (Å²) >= 11 is 0. The van der Waals surface area contributed by atoms with Crippen molar-refractivity contribution in [2.75, 3.05) is 24.7 Å². The molecule has 3 aliphatic rings. The standard InChI is InChI=1S/C19H24N8O/c1-12-9-25(10-17-21-23-18(27(12)17)14-4-6-28-7-5-14)16-8-15(13-2-3-13)24-26-11-20-22-19(16)26/h8,11-14H,2-7,9-10H2,1H3/t12-/m0/s1. The van der Waals surface area contributed by atoms with Crippen LogP contribution < -0.4 is 4.90 Å². The first-order valence-electron chi connectivity index (χ1n) is 10.3. The first-order chi connectivity index (χ1) is 13.8. The molecular weight excluding hydrogens is 356 g/mol. The van der Waals surface area contributed by atoms with Crippen molar-refractivity contribution in [3.8, 4) is 0 Å². The van der Waals surface area contributed by atoms with Gasteiger partial charge in [-0.3, -0.25) is 0 Å². The molecule has 0 amide bonds. The number of ether oxygens (including phenoxy) is 1. The normalized spacial score (nSPS) is 23.3. The number of aromatic nitrogens is 7. The van der Waals surface area contributed by atoms with Gasteiger partial charge >= 0.3 is 0 Å². The van der Waals surface area contributed by atoms with Gasteiger partial charge in [-0.15, -0.1) is 20.4 Å². The van der Waals surface area contributed by atoms with E-state index in [0.717, 1.165) is 67.8 Å². The molecule has 2 fully saturated rings. The Morgan fingerprint density at radius 3 is 2.71 bits per heavy atom. The average molecular weight is 380 g/mol. The van der Waals surface area contributed by atoms with E-state index in [2.05, 4.69) is 42.9 Å². The summed E-state index contributed by atoms with van der Waals surface area (Å²) in [4.78, 5) is 2.36. The van der Waals surface area contributed by atoms with Gasteiger partial charge in [0.2, 0.25) is 5.65 Å². The molecule has 1 saturated heterocycles. The molecule has 146 valence electrons. The molecule has 1 aliphatic carbocycles. The molecule has 0 radical (unpaired) electrons. The maximum atomic E-state index is 5.53. The summed E-state index contributed by atoms with van der Waals surface area (Å²) in [5, 5.41) is 22.3. The third kappa shape index (κ3) is 2.60. The van der Waals surface area contributed by atoms with Crippen LogP contribution in [0.3, 0.4) is 0 Å². The summed E-state index contributed by atoms with van der Waals surface area (Å²) in [6, 6.07) is 2.51. The van der Waals surface area contributed by atoms with Crippen LogP contribution in [0.15, 0.2) is 12.4 Å². The highest BCUT2D eigenvalue weighted by atomic mass is 16.5. The minimum atomic E-state index is 0.303. The Hall–Kier alpha value is -2.55. The van der Waals surface area contributed by atoms with Crippen LogP contribution in [0.25, 0.3) is 5.65 Å². The van der Waals surface area contributed by atoms with Crippen LogP contribution in [-0.2, 0) is 11.3 Å². The van der Waals surface area contributed by atoms with Crippen LogP contribution in [0.2, 0.25) is 0 Å². The van der Waals surface area contributed by atoms with Gasteiger partial charge in [0.25, 0.3) is 0 Å². The van der Waals surface area contributed by atoms with Crippen LogP contribution in [-0.4, -0.2) is 54.3 Å². The molecule has 3 aromatic heterocycles. The molecule has 9 heteroatoms. The van der Waals surface area contributed by atoms with E-state index < -0.39 is 0 Å². The zero-order valence-electron chi connectivity index (χ0n) is 16.0. The fourth-order valence-electron chi connectivity index (χ4n) is 4.62. The summed E-state index contributed by atoms with van der Waals surface area (Å²) in [7, 11) is 0. The quantitative estimate of drug-likeness (QED) is 0.687. The first-order valence-corrected chi connectivity index (χ1v) is 10.3. The summed E-state index contributed by atoms with van der Waals surface area (Å²) < 4.78 is 9.70. The lowest BCUT2D eigenvalue weighted by Crippen LogP contribution is -2.38. The summed E-state index contributed by atoms with van der Waals surface area (Å²) in [5.41, 5.74) is 3.06. The monoisotopic (exact) mass is 380 g/mol. The summed E-state index contributed by atoms with van der Waals surface area (Å²) in [5.74, 6) is 3.19. The Morgan fingerprint density at radius 2 is 1.89 bits per heavy atom. The Kier molecular flexibility index (Phi) is 3.65. The molecule has 1 atom stereocenters. The van der Waals surface area contributed by atoms with E-state index in [0.29, 0.717) is 17.9 Å². The molecule has 0 N–H and O–H groups in total. The highest BCUT2D eigenvalue weighted by molar-refractivity contribution is 5.68. The maximum absolute atomic E-state index is 5.53. The van der Waals surface area contributed by atoms with Crippen molar-refractivity contribution in [3.05, 3.63) is 29.7 Å². The van der Waals surface area contributed by atoms with Gasteiger partial charge in [0.05, 0.1) is 24.0 Å². The third-order valence-corrected chi connectivity index (χ3v) is 6.24. The van der Waals surface area contributed by atoms with E-state index in [1.165, 1.54) is 12.8 Å². The second kappa shape index (κ2) is 6.23. The van der Waals surface area contributed by atoms with Crippen LogP contribution in [0, 0.1) is 0 Å². The number of anilines is 1. The SMILES string of the molecule is C[C@H]1CN(c2cc(C3CC3)nn3cnnc23)Cc2nnc(C3CCOCC3)n21. The highest BCUT2D eigenvalue weighted by Gasteiger charge is 2.33. The Morgan fingerprint density at radius 1 is 1.04 bits per heavy atom. The second-order valence-electron chi connectivity index (χ2n) is 8.29. The summed E-state index contributed by atoms with van der Waals surface area (Å²) in [6.45, 7) is 5.53. The molecule has 0 spiro atoms. The van der Waals surface area contributed by atoms with Crippen molar-refractivity contribution in [1.82, 2.24) is 34.6 Å². The lowest BCUT2D eigenvalue weighted by molar-refractivity contribution is 0.0823. The van der Waals surface area contributed by atoms with E-state index >= 15 is 0 Å². The van der Waals surface area contributed by atoms with Crippen molar-refractivity contribution in [3.63, 3.8) is 0 Å². The van der Waals surface area contributed by atoms with E-state index in [-0.39, 0.29) is 0 Å². The van der Waals surface area contributed by atoms with Crippen molar-refractivity contribution < 1.29 is 4.74 Å². The Labute approximate surface area is 162 Å². The fraction of sp³-hybridized carbons (Fsp3) is 0.632. The van der Waals surface area contributed by atoms with Crippen LogP contribution in [0.1, 0.15) is 67.8 Å². The predicted molar refractivity (Wildman–Crippen MR) is 101 cm³/mol. The van der Waals surface area contributed by atoms with E-state index in [1.807, 2.05) is 4.52 Å². The lowest BCUT2D eigenvalue weighted by Gasteiger charge is -2.35. The van der Waals surface area contributed by atoms with E-state index in [1.54, 1.807) is 6.33 Å². The molecule has 9 nitrogen and oxygen atoms in total. The number of nitrogens with zero attached hydrogens (tertiary/aromatic N) is 8. The number of hydrogen-bond donors (Lipinski definition) is 0. The molecule has 28 heavy (non-hydrogen) atoms. The van der Waals surface area contributed by atoms with Gasteiger partial charge in [0.15, 0.2) is 5.82 Å². The van der Waals surface area contributed by atoms with Crippen LogP contribution >= 0.6 is 0 Å². The lowest BCUT2D eigenvalue weighted by atomic mass is 9.99. The summed E-state index contributed by atoms with van der Waals surface area (Å²) in [6.07, 6.45) is 6.20. The van der Waals surface area contributed by atoms with Gasteiger partial charge in [-0.1, -0.05) is 0 Å². The molecule has 0 aromatic carbocycles. The second-order valence-corrected chi connectivity index (χ2v) is 8.29. The van der Waals surface area contributed by atoms with Crippen LogP contribution in [0.5, 0.6) is 0 Å².